The average molecular weight is 390 g/mol. The second kappa shape index (κ2) is 8.79. The number of sulfonamides is 1. The molecule has 144 valence electrons. The number of hydrogen-bond acceptors (Lipinski definition) is 5. The third-order valence-electron chi connectivity index (χ3n) is 3.79. The molecule has 0 aromatic heterocycles. The zero-order valence-corrected chi connectivity index (χ0v) is 16.2. The Balaban J connectivity index is 1.89. The first-order valence-corrected chi connectivity index (χ1v) is 9.79. The van der Waals surface area contributed by atoms with Crippen LogP contribution in [0.5, 0.6) is 0 Å². The molecule has 0 radical (unpaired) electrons. The van der Waals surface area contributed by atoms with Gasteiger partial charge in [-0.25, -0.2) is 8.42 Å². The largest absolute Gasteiger partial charge is 0.452 e. The number of amides is 1. The number of aryl methyl sites for hydroxylation is 2. The van der Waals surface area contributed by atoms with Gasteiger partial charge in [0.05, 0.1) is 4.90 Å². The summed E-state index contributed by atoms with van der Waals surface area (Å²) in [6, 6.07) is 13.3. The van der Waals surface area contributed by atoms with Crippen molar-refractivity contribution in [2.75, 3.05) is 11.9 Å². The van der Waals surface area contributed by atoms with E-state index < -0.39 is 34.5 Å². The van der Waals surface area contributed by atoms with Gasteiger partial charge in [-0.15, -0.1) is 0 Å². The highest BCUT2D eigenvalue weighted by Crippen LogP contribution is 2.16. The first-order chi connectivity index (χ1) is 12.7. The average Bonchev–Trinajstić information content (AvgIpc) is 2.64. The lowest BCUT2D eigenvalue weighted by Crippen LogP contribution is -2.35. The Kier molecular flexibility index (Phi) is 6.70. The first kappa shape index (κ1) is 20.6. The molecule has 0 bridgehead atoms. The van der Waals surface area contributed by atoms with Gasteiger partial charge in [0.2, 0.25) is 10.0 Å². The molecule has 0 aliphatic carbocycles. The zero-order valence-electron chi connectivity index (χ0n) is 15.4. The van der Waals surface area contributed by atoms with Crippen molar-refractivity contribution in [2.24, 2.45) is 0 Å². The Morgan fingerprint density at radius 3 is 2.41 bits per heavy atom. The van der Waals surface area contributed by atoms with Crippen LogP contribution in [0.4, 0.5) is 5.69 Å². The van der Waals surface area contributed by atoms with Gasteiger partial charge in [-0.3, -0.25) is 9.59 Å². The number of nitrogens with one attached hydrogen (secondary N) is 2. The molecule has 1 atom stereocenters. The third-order valence-corrected chi connectivity index (χ3v) is 5.21. The van der Waals surface area contributed by atoms with Crippen LogP contribution in [-0.2, 0) is 24.3 Å². The van der Waals surface area contributed by atoms with Crippen molar-refractivity contribution in [2.45, 2.75) is 31.8 Å². The van der Waals surface area contributed by atoms with Crippen molar-refractivity contribution >= 4 is 27.6 Å². The summed E-state index contributed by atoms with van der Waals surface area (Å²) in [7, 11) is -3.82. The van der Waals surface area contributed by atoms with Crippen molar-refractivity contribution < 1.29 is 22.7 Å². The lowest BCUT2D eigenvalue weighted by Gasteiger charge is -2.15. The second-order valence-electron chi connectivity index (χ2n) is 6.08. The van der Waals surface area contributed by atoms with E-state index in [9.17, 15) is 18.0 Å². The van der Waals surface area contributed by atoms with Crippen LogP contribution in [-0.4, -0.2) is 32.9 Å². The zero-order chi connectivity index (χ0) is 20.0. The number of carbonyl (C=O) groups is 2. The fourth-order valence-electron chi connectivity index (χ4n) is 2.23. The molecular weight excluding hydrogens is 368 g/mol. The third kappa shape index (κ3) is 5.90. The maximum Gasteiger partial charge on any atom is 0.321 e. The molecule has 2 aromatic carbocycles. The molecule has 0 aliphatic rings. The molecule has 8 heteroatoms. The molecule has 2 rings (SSSR count). The van der Waals surface area contributed by atoms with Crippen molar-refractivity contribution in [1.29, 1.82) is 0 Å². The fourth-order valence-corrected chi connectivity index (χ4v) is 3.22. The Morgan fingerprint density at radius 2 is 1.74 bits per heavy atom. The molecule has 27 heavy (non-hydrogen) atoms. The lowest BCUT2D eigenvalue weighted by molar-refractivity contribution is -0.151. The van der Waals surface area contributed by atoms with Crippen LogP contribution >= 0.6 is 0 Å². The Labute approximate surface area is 158 Å². The van der Waals surface area contributed by atoms with Crippen molar-refractivity contribution in [3.63, 3.8) is 0 Å². The minimum absolute atomic E-state index is 0.0403. The van der Waals surface area contributed by atoms with Gasteiger partial charge in [0.15, 0.2) is 6.10 Å². The van der Waals surface area contributed by atoms with Crippen LogP contribution < -0.4 is 10.0 Å². The predicted molar refractivity (Wildman–Crippen MR) is 102 cm³/mol. The number of anilines is 1. The molecule has 2 aromatic rings. The molecule has 0 aliphatic heterocycles. The van der Waals surface area contributed by atoms with Crippen molar-refractivity contribution in [1.82, 2.24) is 4.72 Å². The summed E-state index contributed by atoms with van der Waals surface area (Å²) in [5.41, 5.74) is 2.49. The summed E-state index contributed by atoms with van der Waals surface area (Å²) < 4.78 is 31.3. The standard InChI is InChI=1S/C19H22N2O5S/c1-13-9-10-14(2)17(11-13)21-19(23)15(3)26-18(22)12-20-27(24,25)16-7-5-4-6-8-16/h4-11,15,20H,12H2,1-3H3,(H,21,23)/t15-/m1/s1. The molecule has 0 heterocycles. The van der Waals surface area contributed by atoms with E-state index in [1.165, 1.54) is 19.1 Å². The highest BCUT2D eigenvalue weighted by atomic mass is 32.2. The van der Waals surface area contributed by atoms with Gasteiger partial charge in [0, 0.05) is 5.69 Å². The van der Waals surface area contributed by atoms with Crippen molar-refractivity contribution in [3.05, 3.63) is 59.7 Å². The number of ether oxygens (including phenoxy) is 1. The van der Waals surface area contributed by atoms with Crippen LogP contribution in [0, 0.1) is 13.8 Å². The minimum atomic E-state index is -3.82. The highest BCUT2D eigenvalue weighted by molar-refractivity contribution is 7.89. The summed E-state index contributed by atoms with van der Waals surface area (Å²) in [4.78, 5) is 24.1. The Bertz CT molecular complexity index is 926. The molecule has 0 fully saturated rings. The number of benzene rings is 2. The normalized spacial score (nSPS) is 12.3. The minimum Gasteiger partial charge on any atom is -0.452 e. The summed E-state index contributed by atoms with van der Waals surface area (Å²) in [6.45, 7) is 4.60. The van der Waals surface area contributed by atoms with Crippen LogP contribution in [0.15, 0.2) is 53.4 Å². The molecule has 1 amide bonds. The van der Waals surface area contributed by atoms with E-state index in [2.05, 4.69) is 10.0 Å². The summed E-state index contributed by atoms with van der Waals surface area (Å²) in [5, 5.41) is 2.70. The van der Waals surface area contributed by atoms with Crippen LogP contribution in [0.25, 0.3) is 0 Å². The van der Waals surface area contributed by atoms with Crippen LogP contribution in [0.1, 0.15) is 18.1 Å². The molecule has 7 nitrogen and oxygen atoms in total. The van der Waals surface area contributed by atoms with Gasteiger partial charge >= 0.3 is 5.97 Å². The molecule has 0 spiro atoms. The fraction of sp³-hybridized carbons (Fsp3) is 0.263. The molecule has 2 N–H and O–H groups in total. The van der Waals surface area contributed by atoms with Crippen molar-refractivity contribution in [3.8, 4) is 0 Å². The van der Waals surface area contributed by atoms with Gasteiger partial charge < -0.3 is 10.1 Å². The van der Waals surface area contributed by atoms with E-state index in [-0.39, 0.29) is 4.90 Å². The highest BCUT2D eigenvalue weighted by Gasteiger charge is 2.21. The smallest absolute Gasteiger partial charge is 0.321 e. The van der Waals surface area contributed by atoms with E-state index in [4.69, 9.17) is 4.74 Å². The number of esters is 1. The van der Waals surface area contributed by atoms with E-state index in [0.29, 0.717) is 5.69 Å². The Hall–Kier alpha value is -2.71. The molecule has 0 saturated heterocycles. The summed E-state index contributed by atoms with van der Waals surface area (Å²) in [6.07, 6.45) is -1.07. The van der Waals surface area contributed by atoms with Gasteiger partial charge in [0.25, 0.3) is 5.91 Å². The van der Waals surface area contributed by atoms with Gasteiger partial charge in [-0.2, -0.15) is 4.72 Å². The second-order valence-corrected chi connectivity index (χ2v) is 7.84. The predicted octanol–water partition coefficient (Wildman–Crippen LogP) is 2.15. The van der Waals surface area contributed by atoms with Gasteiger partial charge in [-0.1, -0.05) is 30.3 Å². The summed E-state index contributed by atoms with van der Waals surface area (Å²) in [5.74, 6) is -1.35. The maximum atomic E-state index is 12.2. The SMILES string of the molecule is Cc1ccc(C)c(NC(=O)[C@@H](C)OC(=O)CNS(=O)(=O)c2ccccc2)c1. The van der Waals surface area contributed by atoms with Crippen LogP contribution in [0.3, 0.4) is 0 Å². The monoisotopic (exact) mass is 390 g/mol. The number of carbonyl (C=O) groups excluding carboxylic acids is 2. The molecular formula is C19H22N2O5S. The maximum absolute atomic E-state index is 12.2. The van der Waals surface area contributed by atoms with Gasteiger partial charge in [0.1, 0.15) is 6.54 Å². The van der Waals surface area contributed by atoms with Gasteiger partial charge in [-0.05, 0) is 50.1 Å². The van der Waals surface area contributed by atoms with E-state index in [1.807, 2.05) is 32.0 Å². The van der Waals surface area contributed by atoms with E-state index in [0.717, 1.165) is 11.1 Å². The number of hydrogen-bond donors (Lipinski definition) is 2. The lowest BCUT2D eigenvalue weighted by atomic mass is 10.1. The molecule has 0 unspecified atom stereocenters. The van der Waals surface area contributed by atoms with E-state index >= 15 is 0 Å². The first-order valence-electron chi connectivity index (χ1n) is 8.31. The number of rotatable bonds is 7. The molecule has 0 saturated carbocycles. The van der Waals surface area contributed by atoms with E-state index in [1.54, 1.807) is 18.2 Å². The quantitative estimate of drug-likeness (QED) is 0.706. The Morgan fingerprint density at radius 1 is 1.07 bits per heavy atom. The summed E-state index contributed by atoms with van der Waals surface area (Å²) >= 11 is 0. The van der Waals surface area contributed by atoms with Crippen LogP contribution in [0.2, 0.25) is 0 Å². The topological polar surface area (TPSA) is 102 Å².